The molecule has 0 heterocycles. The summed E-state index contributed by atoms with van der Waals surface area (Å²) in [5.41, 5.74) is 3.83. The summed E-state index contributed by atoms with van der Waals surface area (Å²) in [6.45, 7) is 4.39. The highest BCUT2D eigenvalue weighted by atomic mass is 35.5. The lowest BCUT2D eigenvalue weighted by Crippen LogP contribution is -1.92. The molecule has 0 radical (unpaired) electrons. The lowest BCUT2D eigenvalue weighted by molar-refractivity contribution is 0.869. The molecule has 0 N–H and O–H groups in total. The zero-order valence-electron chi connectivity index (χ0n) is 9.57. The van der Waals surface area contributed by atoms with Crippen molar-refractivity contribution in [2.24, 2.45) is 0 Å². The maximum absolute atomic E-state index is 6.05. The van der Waals surface area contributed by atoms with E-state index >= 15 is 0 Å². The largest absolute Gasteiger partial charge is 0.0843 e. The van der Waals surface area contributed by atoms with Crippen molar-refractivity contribution in [3.05, 3.63) is 59.1 Å². The Kier molecular flexibility index (Phi) is 3.31. The number of rotatable bonds is 2. The van der Waals surface area contributed by atoms with Gasteiger partial charge in [-0.3, -0.25) is 0 Å². The van der Waals surface area contributed by atoms with E-state index in [1.54, 1.807) is 0 Å². The molecule has 1 heteroatoms. The molecule has 82 valence electrons. The van der Waals surface area contributed by atoms with Gasteiger partial charge in [0, 0.05) is 5.02 Å². The summed E-state index contributed by atoms with van der Waals surface area (Å²) in [5, 5.41) is 0.809. The lowest BCUT2D eigenvalue weighted by atomic mass is 9.93. The molecule has 0 aliphatic carbocycles. The van der Waals surface area contributed by atoms with Gasteiger partial charge in [0.25, 0.3) is 0 Å². The van der Waals surface area contributed by atoms with Crippen molar-refractivity contribution in [3.63, 3.8) is 0 Å². The fraction of sp³-hybridized carbons (Fsp3) is 0.200. The molecule has 0 fully saturated rings. The summed E-state index contributed by atoms with van der Waals surface area (Å²) >= 11 is 6.05. The molecule has 0 aromatic heterocycles. The van der Waals surface area contributed by atoms with Gasteiger partial charge in [-0.05, 0) is 34.7 Å². The van der Waals surface area contributed by atoms with E-state index in [1.165, 1.54) is 16.7 Å². The van der Waals surface area contributed by atoms with Gasteiger partial charge in [-0.2, -0.15) is 0 Å². The first-order chi connectivity index (χ1) is 7.68. The van der Waals surface area contributed by atoms with Crippen LogP contribution < -0.4 is 0 Å². The van der Waals surface area contributed by atoms with Crippen molar-refractivity contribution in [2.45, 2.75) is 19.8 Å². The van der Waals surface area contributed by atoms with Gasteiger partial charge < -0.3 is 0 Å². The van der Waals surface area contributed by atoms with Gasteiger partial charge in [-0.15, -0.1) is 0 Å². The third-order valence-corrected chi connectivity index (χ3v) is 2.96. The number of hydrogen-bond acceptors (Lipinski definition) is 0. The summed E-state index contributed by atoms with van der Waals surface area (Å²) < 4.78 is 0. The number of benzene rings is 2. The van der Waals surface area contributed by atoms with Crippen LogP contribution in [0.15, 0.2) is 48.5 Å². The monoisotopic (exact) mass is 230 g/mol. The van der Waals surface area contributed by atoms with Crippen molar-refractivity contribution in [1.29, 1.82) is 0 Å². The average molecular weight is 231 g/mol. The van der Waals surface area contributed by atoms with E-state index in [4.69, 9.17) is 11.6 Å². The highest BCUT2D eigenvalue weighted by Crippen LogP contribution is 2.31. The topological polar surface area (TPSA) is 0 Å². The molecule has 0 amide bonds. The predicted octanol–water partition coefficient (Wildman–Crippen LogP) is 5.13. The Morgan fingerprint density at radius 2 is 1.62 bits per heavy atom. The van der Waals surface area contributed by atoms with Gasteiger partial charge in [0.1, 0.15) is 0 Å². The third-order valence-electron chi connectivity index (χ3n) is 2.72. The molecular weight excluding hydrogens is 216 g/mol. The Bertz CT molecular complexity index is 472. The van der Waals surface area contributed by atoms with Gasteiger partial charge >= 0.3 is 0 Å². The van der Waals surface area contributed by atoms with Crippen molar-refractivity contribution in [1.82, 2.24) is 0 Å². The van der Waals surface area contributed by atoms with Gasteiger partial charge in [0.2, 0.25) is 0 Å². The van der Waals surface area contributed by atoms with Crippen LogP contribution in [0.2, 0.25) is 5.02 Å². The predicted molar refractivity (Wildman–Crippen MR) is 71.0 cm³/mol. The van der Waals surface area contributed by atoms with Crippen LogP contribution in [0.4, 0.5) is 0 Å². The summed E-state index contributed by atoms with van der Waals surface area (Å²) in [4.78, 5) is 0. The molecule has 0 unspecified atom stereocenters. The van der Waals surface area contributed by atoms with Crippen molar-refractivity contribution >= 4 is 11.6 Å². The van der Waals surface area contributed by atoms with Crippen LogP contribution in [0, 0.1) is 0 Å². The highest BCUT2D eigenvalue weighted by molar-refractivity contribution is 6.30. The normalized spacial score (nSPS) is 10.8. The minimum Gasteiger partial charge on any atom is -0.0843 e. The summed E-state index contributed by atoms with van der Waals surface area (Å²) in [6.07, 6.45) is 0. The Balaban J connectivity index is 2.57. The van der Waals surface area contributed by atoms with Crippen LogP contribution in [-0.2, 0) is 0 Å². The summed E-state index contributed by atoms with van der Waals surface area (Å²) in [7, 11) is 0. The highest BCUT2D eigenvalue weighted by Gasteiger charge is 2.08. The number of hydrogen-bond donors (Lipinski definition) is 0. The van der Waals surface area contributed by atoms with Crippen LogP contribution in [0.5, 0.6) is 0 Å². The van der Waals surface area contributed by atoms with Crippen LogP contribution in [0.3, 0.4) is 0 Å². The zero-order chi connectivity index (χ0) is 11.5. The Morgan fingerprint density at radius 1 is 0.938 bits per heavy atom. The molecule has 2 aromatic rings. The first-order valence-electron chi connectivity index (χ1n) is 5.53. The maximum atomic E-state index is 6.05. The Labute approximate surface area is 102 Å². The van der Waals surface area contributed by atoms with Crippen LogP contribution in [0.1, 0.15) is 25.3 Å². The molecule has 0 bridgehead atoms. The second kappa shape index (κ2) is 4.71. The molecular formula is C15H15Cl. The van der Waals surface area contributed by atoms with Crippen molar-refractivity contribution < 1.29 is 0 Å². The van der Waals surface area contributed by atoms with Crippen LogP contribution >= 0.6 is 11.6 Å². The van der Waals surface area contributed by atoms with Gasteiger partial charge in [0.05, 0.1) is 0 Å². The Hall–Kier alpha value is -1.27. The van der Waals surface area contributed by atoms with Crippen LogP contribution in [0.25, 0.3) is 11.1 Å². The molecule has 0 aliphatic heterocycles. The molecule has 2 rings (SSSR count). The van der Waals surface area contributed by atoms with E-state index in [2.05, 4.69) is 50.2 Å². The fourth-order valence-electron chi connectivity index (χ4n) is 1.89. The summed E-state index contributed by atoms with van der Waals surface area (Å²) in [6, 6.07) is 16.6. The van der Waals surface area contributed by atoms with Crippen molar-refractivity contribution in [2.75, 3.05) is 0 Å². The standard InChI is InChI=1S/C15H15Cl/c1-11(2)15-10-13(16)8-9-14(15)12-6-4-3-5-7-12/h3-11H,1-2H3. The fourth-order valence-corrected chi connectivity index (χ4v) is 2.07. The van der Waals surface area contributed by atoms with E-state index in [1.807, 2.05) is 12.1 Å². The first-order valence-corrected chi connectivity index (χ1v) is 5.91. The second-order valence-electron chi connectivity index (χ2n) is 4.25. The molecule has 2 aromatic carbocycles. The van der Waals surface area contributed by atoms with Gasteiger partial charge in [-0.1, -0.05) is 61.8 Å². The minimum atomic E-state index is 0.480. The van der Waals surface area contributed by atoms with E-state index in [9.17, 15) is 0 Å². The second-order valence-corrected chi connectivity index (χ2v) is 4.69. The quantitative estimate of drug-likeness (QED) is 0.671. The molecule has 0 spiro atoms. The molecule has 0 aliphatic rings. The third kappa shape index (κ3) is 2.28. The number of halogens is 1. The molecule has 0 saturated carbocycles. The van der Waals surface area contributed by atoms with Crippen molar-refractivity contribution in [3.8, 4) is 11.1 Å². The molecule has 0 atom stereocenters. The van der Waals surface area contributed by atoms with E-state index in [-0.39, 0.29) is 0 Å². The van der Waals surface area contributed by atoms with Gasteiger partial charge in [0.15, 0.2) is 0 Å². The molecule has 16 heavy (non-hydrogen) atoms. The van der Waals surface area contributed by atoms with E-state index < -0.39 is 0 Å². The molecule has 0 nitrogen and oxygen atoms in total. The maximum Gasteiger partial charge on any atom is 0.0409 e. The SMILES string of the molecule is CC(C)c1cc(Cl)ccc1-c1ccccc1. The summed E-state index contributed by atoms with van der Waals surface area (Å²) in [5.74, 6) is 0.480. The zero-order valence-corrected chi connectivity index (χ0v) is 10.3. The minimum absolute atomic E-state index is 0.480. The van der Waals surface area contributed by atoms with Gasteiger partial charge in [-0.25, -0.2) is 0 Å². The lowest BCUT2D eigenvalue weighted by Gasteiger charge is -2.13. The first kappa shape index (κ1) is 11.2. The average Bonchev–Trinajstić information content (AvgIpc) is 2.30. The molecule has 0 saturated heterocycles. The Morgan fingerprint density at radius 3 is 2.25 bits per heavy atom. The van der Waals surface area contributed by atoms with Crippen LogP contribution in [-0.4, -0.2) is 0 Å². The van der Waals surface area contributed by atoms with E-state index in [0.29, 0.717) is 5.92 Å². The van der Waals surface area contributed by atoms with E-state index in [0.717, 1.165) is 5.02 Å². The smallest absolute Gasteiger partial charge is 0.0409 e.